The first kappa shape index (κ1) is 23.2. The van der Waals surface area contributed by atoms with Crippen molar-refractivity contribution in [2.45, 2.75) is 6.54 Å². The Morgan fingerprint density at radius 2 is 1.66 bits per heavy atom. The van der Waals surface area contributed by atoms with Crippen LogP contribution < -0.4 is 25.3 Å². The van der Waals surface area contributed by atoms with E-state index < -0.39 is 11.8 Å². The maximum absolute atomic E-state index is 12.6. The number of tetrazole rings is 1. The van der Waals surface area contributed by atoms with Crippen LogP contribution in [0.1, 0.15) is 10.5 Å². The van der Waals surface area contributed by atoms with Gasteiger partial charge in [0.2, 0.25) is 17.5 Å². The van der Waals surface area contributed by atoms with Crippen LogP contribution >= 0.6 is 0 Å². The molecule has 0 atom stereocenters. The molecule has 0 saturated heterocycles. The predicted octanol–water partition coefficient (Wildman–Crippen LogP) is 0.684. The van der Waals surface area contributed by atoms with Gasteiger partial charge in [0.25, 0.3) is 5.91 Å². The average molecular weight is 479 g/mol. The maximum Gasteiger partial charge on any atom is 0.273 e. The third-order valence-electron chi connectivity index (χ3n) is 4.75. The quantitative estimate of drug-likeness (QED) is 0.347. The molecule has 0 aliphatic carbocycles. The molecule has 0 radical (unpaired) electrons. The number of ether oxygens (including phenoxy) is 3. The molecule has 180 valence electrons. The number of nitrogens with two attached hydrogens (primary N) is 1. The van der Waals surface area contributed by atoms with Crippen molar-refractivity contribution in [2.75, 3.05) is 26.6 Å². The lowest BCUT2D eigenvalue weighted by Crippen LogP contribution is -2.23. The zero-order valence-corrected chi connectivity index (χ0v) is 19.0. The summed E-state index contributed by atoms with van der Waals surface area (Å²) in [4.78, 5) is 26.7. The minimum atomic E-state index is -0.842. The lowest BCUT2D eigenvalue weighted by Gasteiger charge is -2.12. The Hall–Kier alpha value is -5.01. The number of aromatic nitrogens is 7. The SMILES string of the molecule is COc1cc(-c2nnn(CC(=O)Nc3nn(-c4ccccc4)nc3C(N)=O)n2)cc(OC)c1OC. The van der Waals surface area contributed by atoms with Gasteiger partial charge in [0.15, 0.2) is 23.0 Å². The molecule has 0 spiro atoms. The smallest absolute Gasteiger partial charge is 0.273 e. The van der Waals surface area contributed by atoms with Crippen molar-refractivity contribution < 1.29 is 23.8 Å². The van der Waals surface area contributed by atoms with Crippen molar-refractivity contribution in [1.82, 2.24) is 35.2 Å². The first-order chi connectivity index (χ1) is 16.9. The Bertz CT molecular complexity index is 1340. The van der Waals surface area contributed by atoms with Gasteiger partial charge in [-0.25, -0.2) is 0 Å². The molecule has 0 bridgehead atoms. The molecule has 4 rings (SSSR count). The van der Waals surface area contributed by atoms with Gasteiger partial charge in [-0.05, 0) is 29.5 Å². The molecule has 0 aliphatic heterocycles. The summed E-state index contributed by atoms with van der Waals surface area (Å²) in [7, 11) is 4.48. The molecule has 0 saturated carbocycles. The highest BCUT2D eigenvalue weighted by molar-refractivity contribution is 6.00. The van der Waals surface area contributed by atoms with Crippen molar-refractivity contribution in [2.24, 2.45) is 5.73 Å². The zero-order valence-electron chi connectivity index (χ0n) is 19.0. The number of amides is 2. The molecular formula is C21H21N9O5. The number of nitrogens with zero attached hydrogens (tertiary/aromatic N) is 7. The second kappa shape index (κ2) is 9.86. The summed E-state index contributed by atoms with van der Waals surface area (Å²) in [5.41, 5.74) is 6.33. The molecule has 0 fully saturated rings. The first-order valence-corrected chi connectivity index (χ1v) is 10.1. The van der Waals surface area contributed by atoms with Gasteiger partial charge in [0, 0.05) is 5.56 Å². The van der Waals surface area contributed by atoms with E-state index in [2.05, 4.69) is 30.9 Å². The highest BCUT2D eigenvalue weighted by Gasteiger charge is 2.21. The van der Waals surface area contributed by atoms with E-state index in [9.17, 15) is 9.59 Å². The fourth-order valence-electron chi connectivity index (χ4n) is 3.17. The van der Waals surface area contributed by atoms with Crippen molar-refractivity contribution in [3.8, 4) is 34.3 Å². The standard InChI is InChI=1S/C21H21N9O5/c1-33-14-9-12(10-15(34-2)18(14)35-3)20-24-28-29(26-20)11-16(31)23-21-17(19(22)32)25-30(27-21)13-7-5-4-6-8-13/h4-10H,11H2,1-3H3,(H2,22,32)(H,23,27,31). The van der Waals surface area contributed by atoms with Gasteiger partial charge in [0.05, 0.1) is 27.0 Å². The average Bonchev–Trinajstić information content (AvgIpc) is 3.51. The van der Waals surface area contributed by atoms with E-state index in [4.69, 9.17) is 19.9 Å². The fourth-order valence-corrected chi connectivity index (χ4v) is 3.17. The van der Waals surface area contributed by atoms with E-state index in [-0.39, 0.29) is 23.9 Å². The third-order valence-corrected chi connectivity index (χ3v) is 4.75. The largest absolute Gasteiger partial charge is 0.493 e. The van der Waals surface area contributed by atoms with Crippen LogP contribution in [0.4, 0.5) is 5.82 Å². The zero-order chi connectivity index (χ0) is 24.9. The molecule has 0 aliphatic rings. The molecule has 2 aromatic carbocycles. The van der Waals surface area contributed by atoms with Crippen LogP contribution in [0.25, 0.3) is 17.1 Å². The van der Waals surface area contributed by atoms with Crippen LogP contribution in [0.2, 0.25) is 0 Å². The number of rotatable bonds is 9. The number of nitrogens with one attached hydrogen (secondary N) is 1. The molecule has 3 N–H and O–H groups in total. The van der Waals surface area contributed by atoms with Gasteiger partial charge in [-0.3, -0.25) is 9.59 Å². The van der Waals surface area contributed by atoms with E-state index in [1.807, 2.05) is 6.07 Å². The second-order valence-corrected chi connectivity index (χ2v) is 6.99. The maximum atomic E-state index is 12.6. The highest BCUT2D eigenvalue weighted by Crippen LogP contribution is 2.40. The van der Waals surface area contributed by atoms with E-state index in [1.54, 1.807) is 36.4 Å². The van der Waals surface area contributed by atoms with E-state index >= 15 is 0 Å². The van der Waals surface area contributed by atoms with Gasteiger partial charge in [-0.2, -0.15) is 4.80 Å². The number of hydrogen-bond acceptors (Lipinski definition) is 10. The summed E-state index contributed by atoms with van der Waals surface area (Å²) in [5.74, 6) is -0.0269. The molecule has 2 aromatic heterocycles. The topological polar surface area (TPSA) is 174 Å². The third kappa shape index (κ3) is 4.85. The lowest BCUT2D eigenvalue weighted by atomic mass is 10.1. The number of carbonyl (C=O) groups is 2. The minimum Gasteiger partial charge on any atom is -0.493 e. The number of para-hydroxylation sites is 1. The molecule has 35 heavy (non-hydrogen) atoms. The molecule has 14 heteroatoms. The molecule has 14 nitrogen and oxygen atoms in total. The number of methoxy groups -OCH3 is 3. The van der Waals surface area contributed by atoms with E-state index in [0.29, 0.717) is 28.5 Å². The normalized spacial score (nSPS) is 10.6. The number of benzene rings is 2. The van der Waals surface area contributed by atoms with E-state index in [1.165, 1.54) is 26.1 Å². The van der Waals surface area contributed by atoms with Gasteiger partial charge < -0.3 is 25.3 Å². The van der Waals surface area contributed by atoms with Crippen molar-refractivity contribution in [3.05, 3.63) is 48.2 Å². The molecule has 4 aromatic rings. The van der Waals surface area contributed by atoms with Crippen LogP contribution in [-0.4, -0.2) is 68.3 Å². The number of anilines is 1. The Morgan fingerprint density at radius 1 is 0.971 bits per heavy atom. The van der Waals surface area contributed by atoms with Crippen LogP contribution in [0, 0.1) is 0 Å². The van der Waals surface area contributed by atoms with Crippen LogP contribution in [0.15, 0.2) is 42.5 Å². The van der Waals surface area contributed by atoms with Crippen LogP contribution in [0.3, 0.4) is 0 Å². The number of hydrogen-bond donors (Lipinski definition) is 2. The summed E-state index contributed by atoms with van der Waals surface area (Å²) in [6, 6.07) is 12.2. The van der Waals surface area contributed by atoms with Gasteiger partial charge in [-0.15, -0.1) is 25.2 Å². The van der Waals surface area contributed by atoms with Crippen LogP contribution in [-0.2, 0) is 11.3 Å². The molecule has 0 unspecified atom stereocenters. The van der Waals surface area contributed by atoms with Crippen molar-refractivity contribution in [1.29, 1.82) is 0 Å². The first-order valence-electron chi connectivity index (χ1n) is 10.1. The van der Waals surface area contributed by atoms with Crippen molar-refractivity contribution in [3.63, 3.8) is 0 Å². The van der Waals surface area contributed by atoms with E-state index in [0.717, 1.165) is 4.80 Å². The van der Waals surface area contributed by atoms with Gasteiger partial charge in [0.1, 0.15) is 6.54 Å². The summed E-state index contributed by atoms with van der Waals surface area (Å²) >= 11 is 0. The predicted molar refractivity (Wildman–Crippen MR) is 121 cm³/mol. The Kier molecular flexibility index (Phi) is 6.53. The molecule has 2 heterocycles. The van der Waals surface area contributed by atoms with Gasteiger partial charge >= 0.3 is 0 Å². The number of carbonyl (C=O) groups excluding carboxylic acids is 2. The highest BCUT2D eigenvalue weighted by atomic mass is 16.5. The molecule has 2 amide bonds. The lowest BCUT2D eigenvalue weighted by molar-refractivity contribution is -0.117. The summed E-state index contributed by atoms with van der Waals surface area (Å²) in [5, 5.41) is 22.9. The van der Waals surface area contributed by atoms with Crippen LogP contribution in [0.5, 0.6) is 17.2 Å². The van der Waals surface area contributed by atoms with Gasteiger partial charge in [-0.1, -0.05) is 18.2 Å². The summed E-state index contributed by atoms with van der Waals surface area (Å²) < 4.78 is 16.0. The van der Waals surface area contributed by atoms with Crippen molar-refractivity contribution >= 4 is 17.6 Å². The monoisotopic (exact) mass is 479 g/mol. The second-order valence-electron chi connectivity index (χ2n) is 6.99. The Labute approximate surface area is 198 Å². The minimum absolute atomic E-state index is 0.0867. The Morgan fingerprint density at radius 3 is 2.26 bits per heavy atom. The fraction of sp³-hybridized carbons (Fsp3) is 0.190. The summed E-state index contributed by atoms with van der Waals surface area (Å²) in [6.45, 7) is -0.312. The Balaban J connectivity index is 1.53. The molecular weight excluding hydrogens is 458 g/mol. The number of primary amides is 1. The summed E-state index contributed by atoms with van der Waals surface area (Å²) in [6.07, 6.45) is 0.